The second kappa shape index (κ2) is 14.8. The number of esters is 1. The van der Waals surface area contributed by atoms with Crippen molar-refractivity contribution in [3.05, 3.63) is 0 Å². The van der Waals surface area contributed by atoms with E-state index in [0.29, 0.717) is 18.8 Å². The summed E-state index contributed by atoms with van der Waals surface area (Å²) in [5, 5.41) is 9.45. The minimum Gasteiger partial charge on any atom is -0.481 e. The van der Waals surface area contributed by atoms with Gasteiger partial charge in [-0.3, -0.25) is 9.59 Å². The largest absolute Gasteiger partial charge is 0.481 e. The summed E-state index contributed by atoms with van der Waals surface area (Å²) in [5.74, 6) is -0.742. The first-order chi connectivity index (χ1) is 13.8. The molecule has 1 aliphatic carbocycles. The maximum absolute atomic E-state index is 12.7. The molecule has 170 valence electrons. The number of aliphatic carboxylic acids is 1. The minimum atomic E-state index is -0.845. The van der Waals surface area contributed by atoms with Gasteiger partial charge in [0, 0.05) is 0 Å². The first kappa shape index (κ1) is 26.0. The number of carboxylic acid groups (broad SMARTS) is 1. The number of unbranched alkanes of at least 4 members (excludes halogenated alkanes) is 5. The van der Waals surface area contributed by atoms with E-state index in [9.17, 15) is 14.7 Å². The molecular formula is C25H46O4. The molecular weight excluding hydrogens is 364 g/mol. The Kier molecular flexibility index (Phi) is 13.3. The van der Waals surface area contributed by atoms with Gasteiger partial charge in [-0.05, 0) is 50.4 Å². The fourth-order valence-corrected chi connectivity index (χ4v) is 4.37. The molecule has 1 saturated carbocycles. The molecule has 4 nitrogen and oxygen atoms in total. The zero-order valence-electron chi connectivity index (χ0n) is 19.5. The van der Waals surface area contributed by atoms with Crippen molar-refractivity contribution in [2.24, 2.45) is 23.7 Å². The molecule has 0 radical (unpaired) electrons. The Morgan fingerprint density at radius 3 is 1.83 bits per heavy atom. The molecule has 0 bridgehead atoms. The van der Waals surface area contributed by atoms with E-state index in [2.05, 4.69) is 27.7 Å². The van der Waals surface area contributed by atoms with Crippen molar-refractivity contribution >= 4 is 11.9 Å². The number of rotatable bonds is 15. The standard InChI is InChI=1S/C25H46O4/c1-19(2)13-9-7-5-6-8-10-14-21(18-17-20(3)4)29-25(28)23-16-12-11-15-22(23)24(26)27/h19-23H,5-18H2,1-4H3,(H,26,27). The Labute approximate surface area is 179 Å². The van der Waals surface area contributed by atoms with E-state index < -0.39 is 17.8 Å². The molecule has 0 aromatic heterocycles. The average molecular weight is 411 g/mol. The van der Waals surface area contributed by atoms with Gasteiger partial charge in [-0.15, -0.1) is 0 Å². The summed E-state index contributed by atoms with van der Waals surface area (Å²) in [7, 11) is 0. The SMILES string of the molecule is CC(C)CCCCCCCCC(CCC(C)C)OC(=O)C1CCCCC1C(=O)O. The quantitative estimate of drug-likeness (QED) is 0.233. The van der Waals surface area contributed by atoms with Crippen molar-refractivity contribution in [2.75, 3.05) is 0 Å². The zero-order chi connectivity index (χ0) is 21.6. The van der Waals surface area contributed by atoms with Crippen LogP contribution >= 0.6 is 0 Å². The van der Waals surface area contributed by atoms with Gasteiger partial charge in [-0.25, -0.2) is 0 Å². The fraction of sp³-hybridized carbons (Fsp3) is 0.920. The molecule has 0 saturated heterocycles. The molecule has 0 amide bonds. The summed E-state index contributed by atoms with van der Waals surface area (Å²) in [6.07, 6.45) is 14.7. The highest BCUT2D eigenvalue weighted by Crippen LogP contribution is 2.32. The molecule has 3 unspecified atom stereocenters. The normalized spacial score (nSPS) is 20.8. The highest BCUT2D eigenvalue weighted by molar-refractivity contribution is 5.81. The van der Waals surface area contributed by atoms with Gasteiger partial charge in [0.1, 0.15) is 6.10 Å². The molecule has 3 atom stereocenters. The van der Waals surface area contributed by atoms with Gasteiger partial charge in [-0.2, -0.15) is 0 Å². The van der Waals surface area contributed by atoms with Crippen LogP contribution < -0.4 is 0 Å². The average Bonchev–Trinajstić information content (AvgIpc) is 2.67. The van der Waals surface area contributed by atoms with Gasteiger partial charge in [0.2, 0.25) is 0 Å². The van der Waals surface area contributed by atoms with Gasteiger partial charge in [-0.1, -0.05) is 79.1 Å². The number of carbonyl (C=O) groups excluding carboxylic acids is 1. The minimum absolute atomic E-state index is 0.0535. The van der Waals surface area contributed by atoms with Crippen LogP contribution in [-0.2, 0) is 14.3 Å². The molecule has 0 aromatic rings. The summed E-state index contributed by atoms with van der Waals surface area (Å²) in [6, 6.07) is 0. The van der Waals surface area contributed by atoms with Crippen LogP contribution in [0.1, 0.15) is 118 Å². The lowest BCUT2D eigenvalue weighted by atomic mass is 9.79. The predicted molar refractivity (Wildman–Crippen MR) is 119 cm³/mol. The van der Waals surface area contributed by atoms with Crippen LogP contribution in [0.5, 0.6) is 0 Å². The maximum Gasteiger partial charge on any atom is 0.310 e. The van der Waals surface area contributed by atoms with Crippen molar-refractivity contribution in [2.45, 2.75) is 124 Å². The van der Waals surface area contributed by atoms with Crippen molar-refractivity contribution in [3.8, 4) is 0 Å². The number of hydrogen-bond acceptors (Lipinski definition) is 3. The molecule has 1 aliphatic rings. The predicted octanol–water partition coefficient (Wildman–Crippen LogP) is 7.00. The van der Waals surface area contributed by atoms with Crippen LogP contribution in [-0.4, -0.2) is 23.1 Å². The van der Waals surface area contributed by atoms with E-state index in [-0.39, 0.29) is 12.1 Å². The summed E-state index contributed by atoms with van der Waals surface area (Å²) in [4.78, 5) is 24.3. The lowest BCUT2D eigenvalue weighted by Gasteiger charge is -2.29. The van der Waals surface area contributed by atoms with Crippen molar-refractivity contribution in [1.29, 1.82) is 0 Å². The Balaban J connectivity index is 2.40. The molecule has 0 aromatic carbocycles. The first-order valence-electron chi connectivity index (χ1n) is 12.2. The highest BCUT2D eigenvalue weighted by atomic mass is 16.5. The first-order valence-corrected chi connectivity index (χ1v) is 12.2. The lowest BCUT2D eigenvalue weighted by Crippen LogP contribution is -2.35. The molecule has 0 spiro atoms. The van der Waals surface area contributed by atoms with E-state index in [1.807, 2.05) is 0 Å². The molecule has 1 N–H and O–H groups in total. The molecule has 4 heteroatoms. The number of carboxylic acids is 1. The van der Waals surface area contributed by atoms with Crippen LogP contribution in [0.25, 0.3) is 0 Å². The summed E-state index contributed by atoms with van der Waals surface area (Å²) >= 11 is 0. The molecule has 1 rings (SSSR count). The van der Waals surface area contributed by atoms with Crippen LogP contribution in [0.2, 0.25) is 0 Å². The van der Waals surface area contributed by atoms with Gasteiger partial charge in [0.25, 0.3) is 0 Å². The molecule has 0 aliphatic heterocycles. The Morgan fingerprint density at radius 2 is 1.28 bits per heavy atom. The molecule has 29 heavy (non-hydrogen) atoms. The van der Waals surface area contributed by atoms with Gasteiger partial charge in [0.05, 0.1) is 11.8 Å². The van der Waals surface area contributed by atoms with Crippen LogP contribution in [0.4, 0.5) is 0 Å². The van der Waals surface area contributed by atoms with Crippen molar-refractivity contribution in [1.82, 2.24) is 0 Å². The van der Waals surface area contributed by atoms with E-state index in [1.54, 1.807) is 0 Å². The third-order valence-electron chi connectivity index (χ3n) is 6.29. The van der Waals surface area contributed by atoms with E-state index in [4.69, 9.17) is 4.74 Å². The second-order valence-corrected chi connectivity index (χ2v) is 9.96. The number of hydrogen-bond donors (Lipinski definition) is 1. The Bertz CT molecular complexity index is 458. The molecule has 1 fully saturated rings. The van der Waals surface area contributed by atoms with E-state index >= 15 is 0 Å². The fourth-order valence-electron chi connectivity index (χ4n) is 4.37. The summed E-state index contributed by atoms with van der Waals surface area (Å²) in [6.45, 7) is 8.95. The van der Waals surface area contributed by atoms with Gasteiger partial charge < -0.3 is 9.84 Å². The van der Waals surface area contributed by atoms with Crippen LogP contribution in [0.3, 0.4) is 0 Å². The van der Waals surface area contributed by atoms with Crippen LogP contribution in [0, 0.1) is 23.7 Å². The second-order valence-electron chi connectivity index (χ2n) is 9.96. The number of carbonyl (C=O) groups is 2. The summed E-state index contributed by atoms with van der Waals surface area (Å²) < 4.78 is 5.89. The Hall–Kier alpha value is -1.06. The zero-order valence-corrected chi connectivity index (χ0v) is 19.5. The monoisotopic (exact) mass is 410 g/mol. The molecule has 0 heterocycles. The van der Waals surface area contributed by atoms with Crippen LogP contribution in [0.15, 0.2) is 0 Å². The van der Waals surface area contributed by atoms with Crippen molar-refractivity contribution < 1.29 is 19.4 Å². The third-order valence-corrected chi connectivity index (χ3v) is 6.29. The number of ether oxygens (including phenoxy) is 1. The summed E-state index contributed by atoms with van der Waals surface area (Å²) in [5.41, 5.74) is 0. The maximum atomic E-state index is 12.7. The topological polar surface area (TPSA) is 63.6 Å². The van der Waals surface area contributed by atoms with E-state index in [1.165, 1.54) is 38.5 Å². The smallest absolute Gasteiger partial charge is 0.310 e. The van der Waals surface area contributed by atoms with Gasteiger partial charge >= 0.3 is 11.9 Å². The third kappa shape index (κ3) is 11.6. The lowest BCUT2D eigenvalue weighted by molar-refractivity contribution is -0.164. The van der Waals surface area contributed by atoms with E-state index in [0.717, 1.165) is 44.4 Å². The van der Waals surface area contributed by atoms with Crippen molar-refractivity contribution in [3.63, 3.8) is 0 Å². The van der Waals surface area contributed by atoms with Gasteiger partial charge in [0.15, 0.2) is 0 Å². The Morgan fingerprint density at radius 1 is 0.759 bits per heavy atom. The highest BCUT2D eigenvalue weighted by Gasteiger charge is 2.37.